The van der Waals surface area contributed by atoms with Crippen LogP contribution >= 0.6 is 31.9 Å². The number of nitrogens with zero attached hydrogens (tertiary/aromatic N) is 2. The van der Waals surface area contributed by atoms with Gasteiger partial charge in [0.05, 0.1) is 9.30 Å². The fraction of sp³-hybridized carbons (Fsp3) is 0.333. The van der Waals surface area contributed by atoms with Gasteiger partial charge < -0.3 is 0 Å². The molecule has 2 nitrogen and oxygen atoms in total. The Morgan fingerprint density at radius 1 is 1.40 bits per heavy atom. The molecular formula is C6H6Br2N2. The topological polar surface area (TPSA) is 25.8 Å². The van der Waals surface area contributed by atoms with E-state index in [0.717, 1.165) is 10.3 Å². The minimum Gasteiger partial charge on any atom is -0.239 e. The standard InChI is InChI=1S/C6H6Br2N2/c1-4(7)6-9-2-5(8)3-10-6/h2-4H,1H3. The SMILES string of the molecule is CC(Br)c1ncc(Br)cn1. The predicted molar refractivity (Wildman–Crippen MR) is 47.1 cm³/mol. The molecule has 1 aromatic heterocycles. The first-order valence-corrected chi connectivity index (χ1v) is 4.52. The molecule has 0 bridgehead atoms. The predicted octanol–water partition coefficient (Wildman–Crippen LogP) is 2.70. The molecule has 0 aliphatic rings. The maximum Gasteiger partial charge on any atom is 0.141 e. The molecule has 0 amide bonds. The van der Waals surface area contributed by atoms with Gasteiger partial charge in [-0.3, -0.25) is 0 Å². The van der Waals surface area contributed by atoms with Crippen LogP contribution in [-0.4, -0.2) is 9.97 Å². The number of hydrogen-bond donors (Lipinski definition) is 0. The van der Waals surface area contributed by atoms with Crippen molar-refractivity contribution in [3.05, 3.63) is 22.7 Å². The lowest BCUT2D eigenvalue weighted by Crippen LogP contribution is -1.92. The van der Waals surface area contributed by atoms with Crippen LogP contribution in [0.5, 0.6) is 0 Å². The minimum absolute atomic E-state index is 0.223. The first kappa shape index (κ1) is 8.14. The van der Waals surface area contributed by atoms with Crippen LogP contribution in [-0.2, 0) is 0 Å². The Balaban J connectivity index is 2.89. The van der Waals surface area contributed by atoms with Gasteiger partial charge in [0.2, 0.25) is 0 Å². The molecule has 1 unspecified atom stereocenters. The van der Waals surface area contributed by atoms with E-state index >= 15 is 0 Å². The Labute approximate surface area is 76.3 Å². The summed E-state index contributed by atoms with van der Waals surface area (Å²) in [5.41, 5.74) is 0. The Kier molecular flexibility index (Phi) is 2.80. The number of aromatic nitrogens is 2. The summed E-state index contributed by atoms with van der Waals surface area (Å²) < 4.78 is 0.907. The second-order valence-electron chi connectivity index (χ2n) is 1.88. The number of hydrogen-bond acceptors (Lipinski definition) is 2. The lowest BCUT2D eigenvalue weighted by molar-refractivity contribution is 0.926. The van der Waals surface area contributed by atoms with E-state index in [2.05, 4.69) is 41.8 Å². The Bertz CT molecular complexity index is 207. The first-order chi connectivity index (χ1) is 4.70. The molecular weight excluding hydrogens is 260 g/mol. The summed E-state index contributed by atoms with van der Waals surface area (Å²) in [6.07, 6.45) is 3.47. The highest BCUT2D eigenvalue weighted by Crippen LogP contribution is 2.17. The van der Waals surface area contributed by atoms with Gasteiger partial charge in [-0.2, -0.15) is 0 Å². The van der Waals surface area contributed by atoms with E-state index in [9.17, 15) is 0 Å². The Morgan fingerprint density at radius 2 is 1.90 bits per heavy atom. The van der Waals surface area contributed by atoms with Gasteiger partial charge in [-0.05, 0) is 22.9 Å². The van der Waals surface area contributed by atoms with E-state index < -0.39 is 0 Å². The van der Waals surface area contributed by atoms with Crippen LogP contribution in [0.1, 0.15) is 17.6 Å². The van der Waals surface area contributed by atoms with Gasteiger partial charge in [0.25, 0.3) is 0 Å². The molecule has 0 aromatic carbocycles. The highest BCUT2D eigenvalue weighted by atomic mass is 79.9. The molecule has 0 spiro atoms. The van der Waals surface area contributed by atoms with E-state index in [0.29, 0.717) is 0 Å². The van der Waals surface area contributed by atoms with Crippen molar-refractivity contribution in [3.8, 4) is 0 Å². The van der Waals surface area contributed by atoms with Gasteiger partial charge in [-0.15, -0.1) is 0 Å². The zero-order valence-corrected chi connectivity index (χ0v) is 8.55. The van der Waals surface area contributed by atoms with Crippen molar-refractivity contribution in [1.82, 2.24) is 9.97 Å². The third kappa shape index (κ3) is 2.02. The van der Waals surface area contributed by atoms with Gasteiger partial charge in [-0.1, -0.05) is 15.9 Å². The molecule has 1 heterocycles. The van der Waals surface area contributed by atoms with Crippen LogP contribution in [0.25, 0.3) is 0 Å². The quantitative estimate of drug-likeness (QED) is 0.730. The van der Waals surface area contributed by atoms with Crippen molar-refractivity contribution < 1.29 is 0 Å². The van der Waals surface area contributed by atoms with E-state index in [1.54, 1.807) is 12.4 Å². The van der Waals surface area contributed by atoms with Gasteiger partial charge in [0, 0.05) is 12.4 Å². The molecule has 1 rings (SSSR count). The Morgan fingerprint density at radius 3 is 2.30 bits per heavy atom. The minimum atomic E-state index is 0.223. The van der Waals surface area contributed by atoms with Crippen LogP contribution in [0, 0.1) is 0 Å². The molecule has 0 aliphatic heterocycles. The smallest absolute Gasteiger partial charge is 0.141 e. The molecule has 1 atom stereocenters. The van der Waals surface area contributed by atoms with E-state index in [1.165, 1.54) is 0 Å². The zero-order chi connectivity index (χ0) is 7.56. The van der Waals surface area contributed by atoms with Gasteiger partial charge >= 0.3 is 0 Å². The number of rotatable bonds is 1. The third-order valence-electron chi connectivity index (χ3n) is 0.996. The summed E-state index contributed by atoms with van der Waals surface area (Å²) in [5, 5.41) is 0. The van der Waals surface area contributed by atoms with Gasteiger partial charge in [-0.25, -0.2) is 9.97 Å². The molecule has 0 radical (unpaired) electrons. The van der Waals surface area contributed by atoms with E-state index in [4.69, 9.17) is 0 Å². The molecule has 0 aliphatic carbocycles. The van der Waals surface area contributed by atoms with Crippen LogP contribution in [0.15, 0.2) is 16.9 Å². The first-order valence-electron chi connectivity index (χ1n) is 2.81. The molecule has 0 fully saturated rings. The van der Waals surface area contributed by atoms with Crippen molar-refractivity contribution in [3.63, 3.8) is 0 Å². The molecule has 10 heavy (non-hydrogen) atoms. The van der Waals surface area contributed by atoms with E-state index in [-0.39, 0.29) is 4.83 Å². The summed E-state index contributed by atoms with van der Waals surface area (Å²) in [7, 11) is 0. The average molecular weight is 266 g/mol. The highest BCUT2D eigenvalue weighted by Gasteiger charge is 2.01. The van der Waals surface area contributed by atoms with Crippen molar-refractivity contribution in [2.24, 2.45) is 0 Å². The molecule has 0 saturated carbocycles. The van der Waals surface area contributed by atoms with Crippen molar-refractivity contribution in [1.29, 1.82) is 0 Å². The fourth-order valence-corrected chi connectivity index (χ4v) is 0.969. The number of alkyl halides is 1. The van der Waals surface area contributed by atoms with Crippen LogP contribution in [0.4, 0.5) is 0 Å². The summed E-state index contributed by atoms with van der Waals surface area (Å²) in [6, 6.07) is 0. The Hall–Kier alpha value is 0.0400. The van der Waals surface area contributed by atoms with Crippen molar-refractivity contribution in [2.75, 3.05) is 0 Å². The van der Waals surface area contributed by atoms with Crippen molar-refractivity contribution in [2.45, 2.75) is 11.8 Å². The second-order valence-corrected chi connectivity index (χ2v) is 4.16. The van der Waals surface area contributed by atoms with Crippen LogP contribution < -0.4 is 0 Å². The molecule has 1 aromatic rings. The largest absolute Gasteiger partial charge is 0.239 e. The van der Waals surface area contributed by atoms with Gasteiger partial charge in [0.1, 0.15) is 5.82 Å². The molecule has 0 N–H and O–H groups in total. The van der Waals surface area contributed by atoms with Crippen molar-refractivity contribution >= 4 is 31.9 Å². The normalized spacial score (nSPS) is 13.1. The fourth-order valence-electron chi connectivity index (χ4n) is 0.528. The van der Waals surface area contributed by atoms with Gasteiger partial charge in [0.15, 0.2) is 0 Å². The van der Waals surface area contributed by atoms with Crippen LogP contribution in [0.3, 0.4) is 0 Å². The lowest BCUT2D eigenvalue weighted by Gasteiger charge is -1.98. The summed E-state index contributed by atoms with van der Waals surface area (Å²) >= 11 is 6.62. The highest BCUT2D eigenvalue weighted by molar-refractivity contribution is 9.10. The lowest BCUT2D eigenvalue weighted by atomic mass is 10.4. The average Bonchev–Trinajstić information content (AvgIpc) is 1.88. The summed E-state index contributed by atoms with van der Waals surface area (Å²) in [4.78, 5) is 8.37. The maximum absolute atomic E-state index is 4.07. The summed E-state index contributed by atoms with van der Waals surface area (Å²) in [6.45, 7) is 1.99. The molecule has 4 heteroatoms. The monoisotopic (exact) mass is 264 g/mol. The zero-order valence-electron chi connectivity index (χ0n) is 5.38. The van der Waals surface area contributed by atoms with E-state index in [1.807, 2.05) is 6.92 Å². The second kappa shape index (κ2) is 3.44. The number of halogens is 2. The third-order valence-corrected chi connectivity index (χ3v) is 1.82. The van der Waals surface area contributed by atoms with Crippen LogP contribution in [0.2, 0.25) is 0 Å². The maximum atomic E-state index is 4.07. The molecule has 0 saturated heterocycles. The summed E-state index contributed by atoms with van der Waals surface area (Å²) in [5.74, 6) is 0.809. The molecule has 54 valence electrons.